The molecule has 0 bridgehead atoms. The van der Waals surface area contributed by atoms with Crippen LogP contribution in [-0.2, 0) is 0 Å². The van der Waals surface area contributed by atoms with Gasteiger partial charge in [-0.2, -0.15) is 0 Å². The number of hydrogen-bond donors (Lipinski definition) is 1. The van der Waals surface area contributed by atoms with Crippen LogP contribution in [0.3, 0.4) is 0 Å². The Bertz CT molecular complexity index is 329. The molecule has 0 atom stereocenters. The minimum Gasteiger partial charge on any atom is -0.381 e. The molecule has 0 radical (unpaired) electrons. The van der Waals surface area contributed by atoms with Crippen molar-refractivity contribution in [2.24, 2.45) is 0 Å². The number of anilines is 1. The van der Waals surface area contributed by atoms with Gasteiger partial charge in [0.25, 0.3) is 0 Å². The van der Waals surface area contributed by atoms with Crippen molar-refractivity contribution >= 4 is 33.2 Å². The van der Waals surface area contributed by atoms with Crippen LogP contribution in [0.5, 0.6) is 0 Å². The zero-order chi connectivity index (χ0) is 10.6. The summed E-state index contributed by atoms with van der Waals surface area (Å²) in [4.78, 5) is 0. The fraction of sp³-hybridized carbons (Fsp3) is 0.200. The standard InChI is InChI=1S/C10H10BrClFN/c1-2-3-4-14-7-5-8(12)10(11)9(13)6-7/h2-3,5-6,14H,4H2,1H3/b3-2+. The van der Waals surface area contributed by atoms with E-state index in [4.69, 9.17) is 11.6 Å². The van der Waals surface area contributed by atoms with Crippen LogP contribution >= 0.6 is 27.5 Å². The first kappa shape index (κ1) is 11.5. The second-order valence-corrected chi connectivity index (χ2v) is 3.90. The maximum atomic E-state index is 13.2. The zero-order valence-corrected chi connectivity index (χ0v) is 9.99. The summed E-state index contributed by atoms with van der Waals surface area (Å²) in [6.07, 6.45) is 3.86. The molecule has 0 aliphatic rings. The van der Waals surface area contributed by atoms with E-state index in [2.05, 4.69) is 21.2 Å². The molecule has 1 aromatic rings. The fourth-order valence-corrected chi connectivity index (χ4v) is 1.39. The summed E-state index contributed by atoms with van der Waals surface area (Å²) in [6.45, 7) is 2.59. The van der Waals surface area contributed by atoms with E-state index in [0.29, 0.717) is 21.7 Å². The molecular formula is C10H10BrClFN. The Balaban J connectivity index is 2.79. The van der Waals surface area contributed by atoms with E-state index in [1.165, 1.54) is 6.07 Å². The number of nitrogens with one attached hydrogen (secondary N) is 1. The van der Waals surface area contributed by atoms with Gasteiger partial charge < -0.3 is 5.32 Å². The van der Waals surface area contributed by atoms with Crippen molar-refractivity contribution in [1.82, 2.24) is 0 Å². The Hall–Kier alpha value is -0.540. The average molecular weight is 279 g/mol. The molecule has 14 heavy (non-hydrogen) atoms. The quantitative estimate of drug-likeness (QED) is 0.644. The van der Waals surface area contributed by atoms with Crippen LogP contribution in [0.4, 0.5) is 10.1 Å². The molecule has 0 saturated carbocycles. The van der Waals surface area contributed by atoms with Crippen molar-refractivity contribution < 1.29 is 4.39 Å². The van der Waals surface area contributed by atoms with E-state index in [1.807, 2.05) is 19.1 Å². The maximum Gasteiger partial charge on any atom is 0.140 e. The molecule has 0 unspecified atom stereocenters. The Morgan fingerprint density at radius 2 is 2.29 bits per heavy atom. The molecule has 1 nitrogen and oxygen atoms in total. The minimum absolute atomic E-state index is 0.302. The topological polar surface area (TPSA) is 12.0 Å². The van der Waals surface area contributed by atoms with Gasteiger partial charge in [0.15, 0.2) is 0 Å². The molecule has 1 aromatic carbocycles. The highest BCUT2D eigenvalue weighted by atomic mass is 79.9. The smallest absolute Gasteiger partial charge is 0.140 e. The molecule has 0 saturated heterocycles. The van der Waals surface area contributed by atoms with Crippen molar-refractivity contribution in [2.45, 2.75) is 6.92 Å². The van der Waals surface area contributed by atoms with E-state index in [0.717, 1.165) is 0 Å². The second-order valence-electron chi connectivity index (χ2n) is 2.70. The zero-order valence-electron chi connectivity index (χ0n) is 7.65. The summed E-state index contributed by atoms with van der Waals surface area (Å²) in [7, 11) is 0. The summed E-state index contributed by atoms with van der Waals surface area (Å²) >= 11 is 8.83. The predicted octanol–water partition coefficient (Wildman–Crippen LogP) is 4.23. The van der Waals surface area contributed by atoms with Gasteiger partial charge in [0.1, 0.15) is 5.82 Å². The van der Waals surface area contributed by atoms with Crippen LogP contribution in [0.25, 0.3) is 0 Å². The van der Waals surface area contributed by atoms with Gasteiger partial charge in [0, 0.05) is 12.2 Å². The Morgan fingerprint density at radius 3 is 2.86 bits per heavy atom. The van der Waals surface area contributed by atoms with Gasteiger partial charge in [0.2, 0.25) is 0 Å². The molecule has 0 spiro atoms. The predicted molar refractivity (Wildman–Crippen MR) is 62.4 cm³/mol. The summed E-state index contributed by atoms with van der Waals surface area (Å²) in [5.41, 5.74) is 0.675. The molecule has 4 heteroatoms. The van der Waals surface area contributed by atoms with Gasteiger partial charge in [-0.15, -0.1) is 0 Å². The molecule has 0 amide bonds. The molecule has 0 aliphatic heterocycles. The largest absolute Gasteiger partial charge is 0.381 e. The van der Waals surface area contributed by atoms with Gasteiger partial charge in [-0.1, -0.05) is 23.8 Å². The summed E-state index contributed by atoms with van der Waals surface area (Å²) in [5, 5.41) is 3.39. The van der Waals surface area contributed by atoms with Crippen LogP contribution < -0.4 is 5.32 Å². The lowest BCUT2D eigenvalue weighted by Gasteiger charge is -2.05. The highest BCUT2D eigenvalue weighted by Gasteiger charge is 2.05. The van der Waals surface area contributed by atoms with Gasteiger partial charge in [-0.05, 0) is 35.0 Å². The lowest BCUT2D eigenvalue weighted by Crippen LogP contribution is -1.98. The molecule has 0 fully saturated rings. The van der Waals surface area contributed by atoms with Crippen LogP contribution in [-0.4, -0.2) is 6.54 Å². The minimum atomic E-state index is -0.361. The summed E-state index contributed by atoms with van der Waals surface area (Å²) < 4.78 is 13.5. The van der Waals surface area contributed by atoms with Crippen LogP contribution in [0.2, 0.25) is 5.02 Å². The van der Waals surface area contributed by atoms with E-state index in [1.54, 1.807) is 6.07 Å². The first-order valence-electron chi connectivity index (χ1n) is 4.14. The second kappa shape index (κ2) is 5.37. The highest BCUT2D eigenvalue weighted by molar-refractivity contribution is 9.10. The van der Waals surface area contributed by atoms with E-state index in [-0.39, 0.29) is 5.82 Å². The van der Waals surface area contributed by atoms with Crippen molar-refractivity contribution in [3.05, 3.63) is 39.6 Å². The third-order valence-electron chi connectivity index (χ3n) is 1.64. The first-order chi connectivity index (χ1) is 6.65. The van der Waals surface area contributed by atoms with E-state index in [9.17, 15) is 4.39 Å². The average Bonchev–Trinajstić information content (AvgIpc) is 2.14. The number of allylic oxidation sites excluding steroid dienone is 1. The van der Waals surface area contributed by atoms with Crippen molar-refractivity contribution in [3.63, 3.8) is 0 Å². The SMILES string of the molecule is C/C=C/CNc1cc(F)c(Br)c(Cl)c1. The monoisotopic (exact) mass is 277 g/mol. The lowest BCUT2D eigenvalue weighted by atomic mass is 10.3. The fourth-order valence-electron chi connectivity index (χ4n) is 0.952. The van der Waals surface area contributed by atoms with Crippen molar-refractivity contribution in [2.75, 3.05) is 11.9 Å². The van der Waals surface area contributed by atoms with E-state index < -0.39 is 0 Å². The third kappa shape index (κ3) is 3.00. The lowest BCUT2D eigenvalue weighted by molar-refractivity contribution is 0.622. The van der Waals surface area contributed by atoms with Gasteiger partial charge in [0.05, 0.1) is 9.50 Å². The summed E-state index contributed by atoms with van der Waals surface area (Å²) in [5.74, 6) is -0.361. The van der Waals surface area contributed by atoms with Crippen LogP contribution in [0.15, 0.2) is 28.8 Å². The molecule has 0 aliphatic carbocycles. The maximum absolute atomic E-state index is 13.2. The van der Waals surface area contributed by atoms with Crippen molar-refractivity contribution in [1.29, 1.82) is 0 Å². The molecule has 0 heterocycles. The molecule has 1 rings (SSSR count). The Morgan fingerprint density at radius 1 is 1.57 bits per heavy atom. The molecular weight excluding hydrogens is 268 g/mol. The van der Waals surface area contributed by atoms with E-state index >= 15 is 0 Å². The number of rotatable bonds is 3. The van der Waals surface area contributed by atoms with Crippen LogP contribution in [0, 0.1) is 5.82 Å². The van der Waals surface area contributed by atoms with Gasteiger partial charge >= 0.3 is 0 Å². The first-order valence-corrected chi connectivity index (χ1v) is 5.32. The van der Waals surface area contributed by atoms with Crippen LogP contribution in [0.1, 0.15) is 6.92 Å². The number of hydrogen-bond acceptors (Lipinski definition) is 1. The highest BCUT2D eigenvalue weighted by Crippen LogP contribution is 2.28. The Kier molecular flexibility index (Phi) is 4.42. The molecule has 76 valence electrons. The third-order valence-corrected chi connectivity index (χ3v) is 2.98. The molecule has 0 aromatic heterocycles. The number of benzene rings is 1. The van der Waals surface area contributed by atoms with Gasteiger partial charge in [-0.3, -0.25) is 0 Å². The number of halogens is 3. The Labute approximate surface area is 96.1 Å². The molecule has 1 N–H and O–H groups in total. The van der Waals surface area contributed by atoms with Gasteiger partial charge in [-0.25, -0.2) is 4.39 Å². The van der Waals surface area contributed by atoms with Crippen molar-refractivity contribution in [3.8, 4) is 0 Å². The normalized spacial score (nSPS) is 10.9. The summed E-state index contributed by atoms with van der Waals surface area (Å²) in [6, 6.07) is 3.08.